The lowest BCUT2D eigenvalue weighted by molar-refractivity contribution is 0.112. The first-order chi connectivity index (χ1) is 7.85. The summed E-state index contributed by atoms with van der Waals surface area (Å²) in [6.45, 7) is 0. The molecule has 76 valence electrons. The van der Waals surface area contributed by atoms with Crippen molar-refractivity contribution in [2.75, 3.05) is 0 Å². The molecule has 0 bridgehead atoms. The van der Waals surface area contributed by atoms with Crippen LogP contribution in [0.2, 0.25) is 0 Å². The summed E-state index contributed by atoms with van der Waals surface area (Å²) in [6.07, 6.45) is 3.59. The summed E-state index contributed by atoms with van der Waals surface area (Å²) in [5, 5.41) is 9.37. The second-order valence-electron chi connectivity index (χ2n) is 3.24. The number of para-hydroxylation sites is 1. The fourth-order valence-electron chi connectivity index (χ4n) is 1.49. The van der Waals surface area contributed by atoms with Gasteiger partial charge in [-0.25, -0.2) is 4.98 Å². The van der Waals surface area contributed by atoms with Gasteiger partial charge in [0.1, 0.15) is 0 Å². The van der Waals surface area contributed by atoms with Crippen molar-refractivity contribution in [3.05, 3.63) is 47.7 Å². The summed E-state index contributed by atoms with van der Waals surface area (Å²) in [7, 11) is 0. The van der Waals surface area contributed by atoms with Crippen LogP contribution >= 0.6 is 0 Å². The molecule has 2 aromatic rings. The van der Waals surface area contributed by atoms with E-state index in [4.69, 9.17) is 5.26 Å². The molecule has 3 heteroatoms. The third-order valence-corrected chi connectivity index (χ3v) is 2.23. The number of benzene rings is 1. The highest BCUT2D eigenvalue weighted by Gasteiger charge is 2.02. The standard InChI is InChI=1S/C13H8N2O/c14-7-3-6-13-11(9-16)8-10-4-1-2-5-12(10)15-13/h1-6,8-9H/b6-3+. The SMILES string of the molecule is N#C/C=C/c1nc2ccccc2cc1C=O. The fourth-order valence-corrected chi connectivity index (χ4v) is 1.49. The first-order valence-electron chi connectivity index (χ1n) is 4.76. The van der Waals surface area contributed by atoms with Crippen molar-refractivity contribution in [2.24, 2.45) is 0 Å². The average molecular weight is 208 g/mol. The zero-order valence-corrected chi connectivity index (χ0v) is 8.42. The summed E-state index contributed by atoms with van der Waals surface area (Å²) >= 11 is 0. The summed E-state index contributed by atoms with van der Waals surface area (Å²) in [4.78, 5) is 15.2. The maximum atomic E-state index is 10.9. The molecule has 0 fully saturated rings. The summed E-state index contributed by atoms with van der Waals surface area (Å²) in [6, 6.07) is 11.2. The maximum absolute atomic E-state index is 10.9. The highest BCUT2D eigenvalue weighted by atomic mass is 16.1. The molecular formula is C13H8N2O. The number of fused-ring (bicyclic) bond motifs is 1. The first-order valence-corrected chi connectivity index (χ1v) is 4.76. The molecule has 0 N–H and O–H groups in total. The summed E-state index contributed by atoms with van der Waals surface area (Å²) in [5.41, 5.74) is 1.83. The average Bonchev–Trinajstić information content (AvgIpc) is 2.35. The molecule has 1 aromatic carbocycles. The summed E-state index contributed by atoms with van der Waals surface area (Å²) in [5.74, 6) is 0. The highest BCUT2D eigenvalue weighted by molar-refractivity contribution is 5.89. The van der Waals surface area contributed by atoms with Gasteiger partial charge in [-0.05, 0) is 18.2 Å². The number of allylic oxidation sites excluding steroid dienone is 1. The van der Waals surface area contributed by atoms with Crippen molar-refractivity contribution in [2.45, 2.75) is 0 Å². The molecule has 0 aliphatic carbocycles. The number of hydrogen-bond donors (Lipinski definition) is 0. The quantitative estimate of drug-likeness (QED) is 0.563. The van der Waals surface area contributed by atoms with Crippen molar-refractivity contribution in [1.29, 1.82) is 5.26 Å². The van der Waals surface area contributed by atoms with Crippen LogP contribution in [0.15, 0.2) is 36.4 Å². The monoisotopic (exact) mass is 208 g/mol. The number of nitrogens with zero attached hydrogens (tertiary/aromatic N) is 2. The number of pyridine rings is 1. The zero-order valence-electron chi connectivity index (χ0n) is 8.42. The van der Waals surface area contributed by atoms with Crippen molar-refractivity contribution < 1.29 is 4.79 Å². The van der Waals surface area contributed by atoms with Gasteiger partial charge in [0.2, 0.25) is 0 Å². The Hall–Kier alpha value is -2.47. The molecule has 0 aliphatic rings. The normalized spacial score (nSPS) is 10.4. The van der Waals surface area contributed by atoms with Crippen molar-refractivity contribution in [1.82, 2.24) is 4.98 Å². The molecule has 0 aliphatic heterocycles. The van der Waals surface area contributed by atoms with Crippen LogP contribution in [-0.2, 0) is 0 Å². The minimum Gasteiger partial charge on any atom is -0.298 e. The highest BCUT2D eigenvalue weighted by Crippen LogP contribution is 2.16. The van der Waals surface area contributed by atoms with E-state index in [9.17, 15) is 4.79 Å². The van der Waals surface area contributed by atoms with Crippen molar-refractivity contribution in [3.63, 3.8) is 0 Å². The van der Waals surface area contributed by atoms with Gasteiger partial charge in [-0.1, -0.05) is 18.2 Å². The third kappa shape index (κ3) is 1.82. The van der Waals surface area contributed by atoms with E-state index < -0.39 is 0 Å². The van der Waals surface area contributed by atoms with Crippen molar-refractivity contribution >= 4 is 23.3 Å². The molecule has 0 amide bonds. The number of aldehydes is 1. The smallest absolute Gasteiger partial charge is 0.152 e. The Bertz CT molecular complexity index is 609. The van der Waals surface area contributed by atoms with Crippen LogP contribution < -0.4 is 0 Å². The van der Waals surface area contributed by atoms with E-state index in [1.807, 2.05) is 30.3 Å². The molecule has 1 aromatic heterocycles. The molecule has 0 unspecified atom stereocenters. The fraction of sp³-hybridized carbons (Fsp3) is 0. The minimum atomic E-state index is 0.491. The van der Waals surface area contributed by atoms with Crippen LogP contribution in [0.3, 0.4) is 0 Å². The molecule has 0 spiro atoms. The molecule has 1 heterocycles. The predicted molar refractivity (Wildman–Crippen MR) is 61.8 cm³/mol. The number of carbonyl (C=O) groups is 1. The Morgan fingerprint density at radius 2 is 2.12 bits per heavy atom. The lowest BCUT2D eigenvalue weighted by Gasteiger charge is -2.01. The van der Waals surface area contributed by atoms with Gasteiger partial charge < -0.3 is 0 Å². The van der Waals surface area contributed by atoms with Gasteiger partial charge in [-0.2, -0.15) is 5.26 Å². The molecule has 3 nitrogen and oxygen atoms in total. The molecule has 2 rings (SSSR count). The van der Waals surface area contributed by atoms with Gasteiger partial charge in [0.05, 0.1) is 17.3 Å². The molecule has 0 saturated carbocycles. The second kappa shape index (κ2) is 4.37. The molecule has 0 saturated heterocycles. The van der Waals surface area contributed by atoms with Crippen molar-refractivity contribution in [3.8, 4) is 6.07 Å². The number of hydrogen-bond acceptors (Lipinski definition) is 3. The van der Waals surface area contributed by atoms with E-state index in [1.54, 1.807) is 6.07 Å². The maximum Gasteiger partial charge on any atom is 0.152 e. The lowest BCUT2D eigenvalue weighted by atomic mass is 10.1. The van der Waals surface area contributed by atoms with Crippen LogP contribution in [0.25, 0.3) is 17.0 Å². The largest absolute Gasteiger partial charge is 0.298 e. The Morgan fingerprint density at radius 1 is 1.31 bits per heavy atom. The van der Waals surface area contributed by atoms with Crippen LogP contribution in [0, 0.1) is 11.3 Å². The first kappa shape index (κ1) is 10.1. The van der Waals surface area contributed by atoms with Crippen LogP contribution in [-0.4, -0.2) is 11.3 Å². The van der Waals surface area contributed by atoms with E-state index in [-0.39, 0.29) is 0 Å². The van der Waals surface area contributed by atoms with E-state index in [0.717, 1.165) is 17.2 Å². The predicted octanol–water partition coefficient (Wildman–Crippen LogP) is 2.58. The number of aromatic nitrogens is 1. The molecule has 0 radical (unpaired) electrons. The van der Waals surface area contributed by atoms with E-state index in [1.165, 1.54) is 12.2 Å². The zero-order chi connectivity index (χ0) is 11.4. The van der Waals surface area contributed by atoms with Gasteiger partial charge in [0.25, 0.3) is 0 Å². The van der Waals surface area contributed by atoms with E-state index >= 15 is 0 Å². The Labute approximate surface area is 92.7 Å². The van der Waals surface area contributed by atoms with Crippen LogP contribution in [0.1, 0.15) is 16.1 Å². The number of nitriles is 1. The van der Waals surface area contributed by atoms with Gasteiger partial charge in [-0.3, -0.25) is 4.79 Å². The molecular weight excluding hydrogens is 200 g/mol. The Balaban J connectivity index is 2.68. The second-order valence-corrected chi connectivity index (χ2v) is 3.24. The topological polar surface area (TPSA) is 53.8 Å². The Morgan fingerprint density at radius 3 is 2.88 bits per heavy atom. The Kier molecular flexibility index (Phi) is 2.75. The van der Waals surface area contributed by atoms with E-state index in [0.29, 0.717) is 11.3 Å². The number of rotatable bonds is 2. The number of carbonyl (C=O) groups excluding carboxylic acids is 1. The van der Waals surface area contributed by atoms with E-state index in [2.05, 4.69) is 4.98 Å². The van der Waals surface area contributed by atoms with Gasteiger partial charge in [0, 0.05) is 17.0 Å². The van der Waals surface area contributed by atoms with Gasteiger partial charge >= 0.3 is 0 Å². The lowest BCUT2D eigenvalue weighted by Crippen LogP contribution is -1.91. The molecule has 16 heavy (non-hydrogen) atoms. The minimum absolute atomic E-state index is 0.491. The molecule has 0 atom stereocenters. The van der Waals surface area contributed by atoms with Crippen LogP contribution in [0.4, 0.5) is 0 Å². The third-order valence-electron chi connectivity index (χ3n) is 2.23. The van der Waals surface area contributed by atoms with Gasteiger partial charge in [-0.15, -0.1) is 0 Å². The summed E-state index contributed by atoms with van der Waals surface area (Å²) < 4.78 is 0. The van der Waals surface area contributed by atoms with Gasteiger partial charge in [0.15, 0.2) is 6.29 Å². The van der Waals surface area contributed by atoms with Crippen LogP contribution in [0.5, 0.6) is 0 Å².